The van der Waals surface area contributed by atoms with Gasteiger partial charge in [0.15, 0.2) is 6.54 Å². The second-order valence-electron chi connectivity index (χ2n) is 6.58. The SMILES string of the molecule is COc1cc(Cl)c(C)cc1NC(=O)C[NH+]1CC=C(c2ccccc2)CC1. The number of nitrogens with one attached hydrogen (secondary N) is 2. The Morgan fingerprint density at radius 1 is 1.27 bits per heavy atom. The van der Waals surface area contributed by atoms with Crippen molar-refractivity contribution in [3.05, 3.63) is 64.7 Å². The van der Waals surface area contributed by atoms with E-state index in [2.05, 4.69) is 35.7 Å². The van der Waals surface area contributed by atoms with Crippen LogP contribution in [0.1, 0.15) is 17.5 Å². The van der Waals surface area contributed by atoms with E-state index in [0.717, 1.165) is 25.1 Å². The van der Waals surface area contributed by atoms with Crippen molar-refractivity contribution >= 4 is 28.8 Å². The molecule has 0 aliphatic carbocycles. The second kappa shape index (κ2) is 8.39. The van der Waals surface area contributed by atoms with Crippen LogP contribution in [0.4, 0.5) is 5.69 Å². The van der Waals surface area contributed by atoms with Crippen molar-refractivity contribution in [3.8, 4) is 5.75 Å². The maximum atomic E-state index is 12.5. The summed E-state index contributed by atoms with van der Waals surface area (Å²) in [4.78, 5) is 13.7. The summed E-state index contributed by atoms with van der Waals surface area (Å²) in [5.41, 5.74) is 4.21. The van der Waals surface area contributed by atoms with E-state index in [4.69, 9.17) is 16.3 Å². The van der Waals surface area contributed by atoms with Gasteiger partial charge < -0.3 is 15.0 Å². The van der Waals surface area contributed by atoms with Gasteiger partial charge in [0.25, 0.3) is 5.91 Å². The van der Waals surface area contributed by atoms with Gasteiger partial charge in [-0.25, -0.2) is 0 Å². The van der Waals surface area contributed by atoms with Crippen molar-refractivity contribution in [1.82, 2.24) is 0 Å². The molecule has 0 aromatic heterocycles. The van der Waals surface area contributed by atoms with Crippen molar-refractivity contribution in [2.75, 3.05) is 32.1 Å². The fraction of sp³-hybridized carbons (Fsp3) is 0.286. The zero-order valence-electron chi connectivity index (χ0n) is 15.1. The third kappa shape index (κ3) is 4.45. The van der Waals surface area contributed by atoms with Gasteiger partial charge in [0.05, 0.1) is 25.9 Å². The predicted octanol–water partition coefficient (Wildman–Crippen LogP) is 2.97. The van der Waals surface area contributed by atoms with E-state index < -0.39 is 0 Å². The molecule has 2 N–H and O–H groups in total. The molecule has 0 radical (unpaired) electrons. The van der Waals surface area contributed by atoms with Gasteiger partial charge >= 0.3 is 0 Å². The summed E-state index contributed by atoms with van der Waals surface area (Å²) in [5, 5.41) is 3.58. The Hall–Kier alpha value is -2.30. The molecule has 1 aliphatic rings. The molecule has 1 amide bonds. The van der Waals surface area contributed by atoms with Crippen LogP contribution in [0, 0.1) is 6.92 Å². The van der Waals surface area contributed by atoms with Crippen LogP contribution in [0.15, 0.2) is 48.5 Å². The molecule has 0 spiro atoms. The second-order valence-corrected chi connectivity index (χ2v) is 6.98. The number of aryl methyl sites for hydroxylation is 1. The summed E-state index contributed by atoms with van der Waals surface area (Å²) in [5.74, 6) is 0.561. The first-order valence-electron chi connectivity index (χ1n) is 8.79. The molecule has 4 nitrogen and oxygen atoms in total. The van der Waals surface area contributed by atoms with E-state index in [0.29, 0.717) is 23.0 Å². The van der Waals surface area contributed by atoms with Gasteiger partial charge in [-0.15, -0.1) is 0 Å². The molecule has 1 unspecified atom stereocenters. The van der Waals surface area contributed by atoms with Crippen molar-refractivity contribution in [2.45, 2.75) is 13.3 Å². The number of rotatable bonds is 5. The first kappa shape index (κ1) is 18.5. The molecule has 0 bridgehead atoms. The van der Waals surface area contributed by atoms with Crippen LogP contribution in [0.3, 0.4) is 0 Å². The van der Waals surface area contributed by atoms with Gasteiger partial charge in [0.1, 0.15) is 5.75 Å². The summed E-state index contributed by atoms with van der Waals surface area (Å²) in [6, 6.07) is 14.0. The van der Waals surface area contributed by atoms with Crippen LogP contribution in [0.5, 0.6) is 5.75 Å². The quantitative estimate of drug-likeness (QED) is 0.848. The van der Waals surface area contributed by atoms with Crippen LogP contribution in [-0.4, -0.2) is 32.7 Å². The fourth-order valence-electron chi connectivity index (χ4n) is 3.21. The Morgan fingerprint density at radius 2 is 2.04 bits per heavy atom. The summed E-state index contributed by atoms with van der Waals surface area (Å²) in [6.07, 6.45) is 3.23. The number of hydrogen-bond donors (Lipinski definition) is 2. The first-order valence-corrected chi connectivity index (χ1v) is 9.16. The minimum absolute atomic E-state index is 0.0171. The van der Waals surface area contributed by atoms with E-state index in [-0.39, 0.29) is 5.91 Å². The molecule has 2 aromatic carbocycles. The highest BCUT2D eigenvalue weighted by Gasteiger charge is 2.20. The van der Waals surface area contributed by atoms with Crippen LogP contribution < -0.4 is 15.0 Å². The standard InChI is InChI=1S/C21H23ClN2O2/c1-15-12-19(20(26-2)13-18(15)22)23-21(25)14-24-10-8-17(9-11-24)16-6-4-3-5-7-16/h3-8,12-13H,9-11,14H2,1-2H3,(H,23,25)/p+1. The van der Waals surface area contributed by atoms with Crippen LogP contribution in [-0.2, 0) is 4.79 Å². The Morgan fingerprint density at radius 3 is 2.69 bits per heavy atom. The Bertz CT molecular complexity index is 818. The lowest BCUT2D eigenvalue weighted by Gasteiger charge is -2.23. The first-order chi connectivity index (χ1) is 12.6. The number of carbonyl (C=O) groups is 1. The number of hydrogen-bond acceptors (Lipinski definition) is 2. The molecule has 0 fully saturated rings. The van der Waals surface area contributed by atoms with Gasteiger partial charge in [-0.05, 0) is 35.8 Å². The number of amides is 1. The van der Waals surface area contributed by atoms with E-state index in [9.17, 15) is 4.79 Å². The van der Waals surface area contributed by atoms with Crippen LogP contribution >= 0.6 is 11.6 Å². The molecule has 0 saturated carbocycles. The molecule has 136 valence electrons. The van der Waals surface area contributed by atoms with Gasteiger partial charge in [0.2, 0.25) is 0 Å². The highest BCUT2D eigenvalue weighted by molar-refractivity contribution is 6.31. The molecule has 3 rings (SSSR count). The topological polar surface area (TPSA) is 42.8 Å². The van der Waals surface area contributed by atoms with E-state index >= 15 is 0 Å². The number of methoxy groups -OCH3 is 1. The molecule has 2 aromatic rings. The summed E-state index contributed by atoms with van der Waals surface area (Å²) in [7, 11) is 1.57. The Labute approximate surface area is 159 Å². The number of anilines is 1. The molecule has 1 heterocycles. The highest BCUT2D eigenvalue weighted by Crippen LogP contribution is 2.30. The van der Waals surface area contributed by atoms with Gasteiger partial charge in [-0.1, -0.05) is 41.9 Å². The number of quaternary nitrogens is 1. The van der Waals surface area contributed by atoms with E-state index in [1.807, 2.05) is 19.1 Å². The molecular formula is C21H24ClN2O2+. The summed E-state index contributed by atoms with van der Waals surface area (Å²) in [6.45, 7) is 4.14. The number of halogens is 1. The van der Waals surface area contributed by atoms with Crippen molar-refractivity contribution in [3.63, 3.8) is 0 Å². The zero-order valence-corrected chi connectivity index (χ0v) is 15.9. The Balaban J connectivity index is 1.60. The number of ether oxygens (including phenoxy) is 1. The molecule has 5 heteroatoms. The van der Waals surface area contributed by atoms with E-state index in [1.165, 1.54) is 16.0 Å². The van der Waals surface area contributed by atoms with Crippen molar-refractivity contribution in [1.29, 1.82) is 0 Å². The maximum Gasteiger partial charge on any atom is 0.279 e. The number of benzene rings is 2. The smallest absolute Gasteiger partial charge is 0.279 e. The average molecular weight is 372 g/mol. The summed E-state index contributed by atoms with van der Waals surface area (Å²) >= 11 is 6.12. The number of carbonyl (C=O) groups excluding carboxylic acids is 1. The lowest BCUT2D eigenvalue weighted by molar-refractivity contribution is -0.886. The Kier molecular flexibility index (Phi) is 5.96. The minimum Gasteiger partial charge on any atom is -0.495 e. The molecule has 26 heavy (non-hydrogen) atoms. The van der Waals surface area contributed by atoms with Gasteiger partial charge in [0, 0.05) is 17.5 Å². The average Bonchev–Trinajstić information content (AvgIpc) is 2.66. The van der Waals surface area contributed by atoms with Crippen molar-refractivity contribution < 1.29 is 14.4 Å². The third-order valence-electron chi connectivity index (χ3n) is 4.70. The zero-order chi connectivity index (χ0) is 18.5. The van der Waals surface area contributed by atoms with Crippen LogP contribution in [0.25, 0.3) is 5.57 Å². The van der Waals surface area contributed by atoms with E-state index in [1.54, 1.807) is 13.2 Å². The maximum absolute atomic E-state index is 12.5. The largest absolute Gasteiger partial charge is 0.495 e. The fourth-order valence-corrected chi connectivity index (χ4v) is 3.36. The molecule has 1 aliphatic heterocycles. The van der Waals surface area contributed by atoms with Crippen LogP contribution in [0.2, 0.25) is 5.02 Å². The lowest BCUT2D eigenvalue weighted by atomic mass is 10.00. The normalized spacial score (nSPS) is 16.7. The van der Waals surface area contributed by atoms with Gasteiger partial charge in [-0.2, -0.15) is 0 Å². The lowest BCUT2D eigenvalue weighted by Crippen LogP contribution is -3.13. The summed E-state index contributed by atoms with van der Waals surface area (Å²) < 4.78 is 5.32. The highest BCUT2D eigenvalue weighted by atomic mass is 35.5. The molecule has 0 saturated heterocycles. The monoisotopic (exact) mass is 371 g/mol. The molecule has 1 atom stereocenters. The minimum atomic E-state index is -0.0171. The van der Waals surface area contributed by atoms with Crippen molar-refractivity contribution in [2.24, 2.45) is 0 Å². The third-order valence-corrected chi connectivity index (χ3v) is 5.10. The molecular weight excluding hydrogens is 348 g/mol. The predicted molar refractivity (Wildman–Crippen MR) is 106 cm³/mol. The van der Waals surface area contributed by atoms with Gasteiger partial charge in [-0.3, -0.25) is 4.79 Å².